The SMILES string of the molecule is COCc1[nH][nH]c(=O)c1N=Nc1ccc(Br)cc1. The van der Waals surface area contributed by atoms with Crippen LogP contribution in [0.2, 0.25) is 0 Å². The van der Waals surface area contributed by atoms with Gasteiger partial charge in [0, 0.05) is 11.6 Å². The van der Waals surface area contributed by atoms with Crippen molar-refractivity contribution in [3.8, 4) is 0 Å². The quantitative estimate of drug-likeness (QED) is 0.851. The van der Waals surface area contributed by atoms with Crippen LogP contribution in [0, 0.1) is 0 Å². The molecule has 2 rings (SSSR count). The van der Waals surface area contributed by atoms with Gasteiger partial charge >= 0.3 is 0 Å². The highest BCUT2D eigenvalue weighted by Gasteiger charge is 2.08. The summed E-state index contributed by atoms with van der Waals surface area (Å²) in [5.74, 6) is 0. The number of azo groups is 1. The molecule has 0 unspecified atom stereocenters. The molecule has 0 bridgehead atoms. The highest BCUT2D eigenvalue weighted by atomic mass is 79.9. The van der Waals surface area contributed by atoms with Gasteiger partial charge in [0.05, 0.1) is 18.0 Å². The lowest BCUT2D eigenvalue weighted by molar-refractivity contribution is 0.182. The number of ether oxygens (including phenoxy) is 1. The number of hydrogen-bond acceptors (Lipinski definition) is 4. The zero-order valence-corrected chi connectivity index (χ0v) is 11.2. The predicted molar refractivity (Wildman–Crippen MR) is 70.4 cm³/mol. The summed E-state index contributed by atoms with van der Waals surface area (Å²) in [6.07, 6.45) is 0. The first kappa shape index (κ1) is 12.7. The van der Waals surface area contributed by atoms with Crippen LogP contribution in [0.1, 0.15) is 5.69 Å². The van der Waals surface area contributed by atoms with Gasteiger partial charge in [0.2, 0.25) is 0 Å². The highest BCUT2D eigenvalue weighted by molar-refractivity contribution is 9.10. The van der Waals surface area contributed by atoms with Gasteiger partial charge in [-0.2, -0.15) is 5.11 Å². The van der Waals surface area contributed by atoms with Crippen LogP contribution >= 0.6 is 15.9 Å². The molecule has 0 saturated heterocycles. The number of nitrogens with zero attached hydrogens (tertiary/aromatic N) is 2. The van der Waals surface area contributed by atoms with Crippen LogP contribution in [-0.4, -0.2) is 17.3 Å². The summed E-state index contributed by atoms with van der Waals surface area (Å²) in [5.41, 5.74) is 1.16. The van der Waals surface area contributed by atoms with Gasteiger partial charge in [-0.15, -0.1) is 5.11 Å². The topological polar surface area (TPSA) is 82.6 Å². The number of benzene rings is 1. The van der Waals surface area contributed by atoms with E-state index in [-0.39, 0.29) is 17.9 Å². The van der Waals surface area contributed by atoms with E-state index in [0.29, 0.717) is 11.4 Å². The van der Waals surface area contributed by atoms with Gasteiger partial charge in [0.15, 0.2) is 5.69 Å². The Balaban J connectivity index is 2.25. The summed E-state index contributed by atoms with van der Waals surface area (Å²) >= 11 is 3.33. The molecule has 1 aromatic carbocycles. The van der Waals surface area contributed by atoms with Crippen LogP contribution in [0.25, 0.3) is 0 Å². The zero-order chi connectivity index (χ0) is 13.0. The summed E-state index contributed by atoms with van der Waals surface area (Å²) in [6.45, 7) is 0.271. The molecule has 0 aliphatic heterocycles. The third kappa shape index (κ3) is 2.93. The maximum atomic E-state index is 11.5. The Kier molecular flexibility index (Phi) is 4.06. The molecule has 6 nitrogen and oxygen atoms in total. The van der Waals surface area contributed by atoms with Gasteiger partial charge in [0.25, 0.3) is 5.56 Å². The van der Waals surface area contributed by atoms with E-state index in [1.54, 1.807) is 19.2 Å². The minimum atomic E-state index is -0.317. The predicted octanol–water partition coefficient (Wildman–Crippen LogP) is 3.03. The second-order valence-corrected chi connectivity index (χ2v) is 4.43. The third-order valence-corrected chi connectivity index (χ3v) is 2.74. The van der Waals surface area contributed by atoms with Crippen molar-refractivity contribution in [2.45, 2.75) is 6.61 Å². The molecule has 94 valence electrons. The Bertz CT molecular complexity index is 600. The van der Waals surface area contributed by atoms with E-state index >= 15 is 0 Å². The molecule has 0 atom stereocenters. The van der Waals surface area contributed by atoms with E-state index in [9.17, 15) is 4.79 Å². The Morgan fingerprint density at radius 2 is 1.94 bits per heavy atom. The molecule has 2 aromatic rings. The summed E-state index contributed by atoms with van der Waals surface area (Å²) < 4.78 is 5.91. The molecular weight excluding hydrogens is 300 g/mol. The second kappa shape index (κ2) is 5.74. The number of aromatic nitrogens is 2. The fraction of sp³-hybridized carbons (Fsp3) is 0.182. The van der Waals surface area contributed by atoms with E-state index < -0.39 is 0 Å². The standard InChI is InChI=1S/C11H11BrN4O2/c1-18-6-9-10(11(17)16-14-9)15-13-8-4-2-7(12)3-5-8/h2-5H,6H2,1H3,(H2,14,16,17). The van der Waals surface area contributed by atoms with E-state index in [4.69, 9.17) is 4.74 Å². The van der Waals surface area contributed by atoms with Gasteiger partial charge < -0.3 is 4.74 Å². The molecular formula is C11H11BrN4O2. The molecule has 18 heavy (non-hydrogen) atoms. The van der Waals surface area contributed by atoms with E-state index in [0.717, 1.165) is 4.47 Å². The largest absolute Gasteiger partial charge is 0.378 e. The normalized spacial score (nSPS) is 11.2. The smallest absolute Gasteiger partial charge is 0.292 e. The first-order valence-corrected chi connectivity index (χ1v) is 5.96. The molecule has 7 heteroatoms. The summed E-state index contributed by atoms with van der Waals surface area (Å²) in [4.78, 5) is 11.5. The highest BCUT2D eigenvalue weighted by Crippen LogP contribution is 2.20. The van der Waals surface area contributed by atoms with Crippen LogP contribution in [0.5, 0.6) is 0 Å². The summed E-state index contributed by atoms with van der Waals surface area (Å²) in [7, 11) is 1.54. The van der Waals surface area contributed by atoms with Gasteiger partial charge in [-0.05, 0) is 24.3 Å². The van der Waals surface area contributed by atoms with Crippen molar-refractivity contribution in [3.05, 3.63) is 44.8 Å². The molecule has 1 aromatic heterocycles. The van der Waals surface area contributed by atoms with Crippen molar-refractivity contribution >= 4 is 27.3 Å². The van der Waals surface area contributed by atoms with Crippen molar-refractivity contribution in [2.75, 3.05) is 7.11 Å². The first-order valence-electron chi connectivity index (χ1n) is 5.16. The first-order chi connectivity index (χ1) is 8.70. The van der Waals surface area contributed by atoms with Crippen molar-refractivity contribution in [1.29, 1.82) is 0 Å². The lowest BCUT2D eigenvalue weighted by Gasteiger charge is -1.95. The molecule has 0 amide bonds. The van der Waals surface area contributed by atoms with Gasteiger partial charge in [0.1, 0.15) is 0 Å². The molecule has 0 saturated carbocycles. The minimum Gasteiger partial charge on any atom is -0.378 e. The van der Waals surface area contributed by atoms with E-state index in [2.05, 4.69) is 36.4 Å². The van der Waals surface area contributed by atoms with Crippen LogP contribution in [0.4, 0.5) is 11.4 Å². The van der Waals surface area contributed by atoms with Crippen LogP contribution in [0.15, 0.2) is 43.8 Å². The molecule has 0 fully saturated rings. The van der Waals surface area contributed by atoms with Crippen molar-refractivity contribution < 1.29 is 4.74 Å². The molecule has 0 spiro atoms. The van der Waals surface area contributed by atoms with Gasteiger partial charge in [-0.25, -0.2) is 0 Å². The average molecular weight is 311 g/mol. The summed E-state index contributed by atoms with van der Waals surface area (Å²) in [5, 5.41) is 13.1. The Labute approximate surface area is 111 Å². The maximum Gasteiger partial charge on any atom is 0.292 e. The molecule has 2 N–H and O–H groups in total. The fourth-order valence-electron chi connectivity index (χ4n) is 1.36. The molecule has 1 heterocycles. The Morgan fingerprint density at radius 3 is 2.61 bits per heavy atom. The fourth-order valence-corrected chi connectivity index (χ4v) is 1.62. The number of methoxy groups -OCH3 is 1. The van der Waals surface area contributed by atoms with Crippen molar-refractivity contribution in [1.82, 2.24) is 10.2 Å². The van der Waals surface area contributed by atoms with Crippen molar-refractivity contribution in [2.24, 2.45) is 10.2 Å². The van der Waals surface area contributed by atoms with Crippen LogP contribution in [-0.2, 0) is 11.3 Å². The second-order valence-electron chi connectivity index (χ2n) is 3.52. The number of aromatic amines is 2. The van der Waals surface area contributed by atoms with E-state index in [1.807, 2.05) is 12.1 Å². The number of halogens is 1. The molecule has 0 aliphatic rings. The lowest BCUT2D eigenvalue weighted by Crippen LogP contribution is -1.97. The lowest BCUT2D eigenvalue weighted by atomic mass is 10.3. The molecule has 0 aliphatic carbocycles. The summed E-state index contributed by atoms with van der Waals surface area (Å²) in [6, 6.07) is 7.30. The van der Waals surface area contributed by atoms with Crippen molar-refractivity contribution in [3.63, 3.8) is 0 Å². The van der Waals surface area contributed by atoms with Crippen LogP contribution < -0.4 is 5.56 Å². The van der Waals surface area contributed by atoms with Gasteiger partial charge in [-0.1, -0.05) is 15.9 Å². The van der Waals surface area contributed by atoms with Gasteiger partial charge in [-0.3, -0.25) is 15.0 Å². The molecule has 0 radical (unpaired) electrons. The Hall–Kier alpha value is -1.73. The average Bonchev–Trinajstić information content (AvgIpc) is 2.71. The Morgan fingerprint density at radius 1 is 1.22 bits per heavy atom. The van der Waals surface area contributed by atoms with E-state index in [1.165, 1.54) is 0 Å². The minimum absolute atomic E-state index is 0.236. The number of H-pyrrole nitrogens is 2. The monoisotopic (exact) mass is 310 g/mol. The number of rotatable bonds is 4. The number of nitrogens with one attached hydrogen (secondary N) is 2. The van der Waals surface area contributed by atoms with Crippen LogP contribution in [0.3, 0.4) is 0 Å². The zero-order valence-electron chi connectivity index (χ0n) is 9.61. The third-order valence-electron chi connectivity index (χ3n) is 2.21. The number of hydrogen-bond donors (Lipinski definition) is 2. The maximum absolute atomic E-state index is 11.5.